The third-order valence-corrected chi connectivity index (χ3v) is 4.97. The summed E-state index contributed by atoms with van der Waals surface area (Å²) < 4.78 is 1.92. The molecule has 0 saturated carbocycles. The summed E-state index contributed by atoms with van der Waals surface area (Å²) in [5.41, 5.74) is 8.58. The lowest BCUT2D eigenvalue weighted by molar-refractivity contribution is 0.198. The van der Waals surface area contributed by atoms with Crippen molar-refractivity contribution in [3.8, 4) is 0 Å². The summed E-state index contributed by atoms with van der Waals surface area (Å²) in [4.78, 5) is 2.54. The maximum Gasteiger partial charge on any atom is 0.0670 e. The molecule has 108 valence electrons. The first-order chi connectivity index (χ1) is 9.05. The largest absolute Gasteiger partial charge is 0.329 e. The minimum Gasteiger partial charge on any atom is -0.329 e. The van der Waals surface area contributed by atoms with E-state index in [4.69, 9.17) is 5.73 Å². The van der Waals surface area contributed by atoms with Gasteiger partial charge in [0.1, 0.15) is 0 Å². The summed E-state index contributed by atoms with van der Waals surface area (Å²) in [5, 5.41) is 5.92. The second-order valence-electron chi connectivity index (χ2n) is 5.52. The molecule has 1 saturated heterocycles. The van der Waals surface area contributed by atoms with E-state index in [1.165, 1.54) is 11.3 Å². The molecule has 0 amide bonds. The van der Waals surface area contributed by atoms with Gasteiger partial charge in [0.15, 0.2) is 0 Å². The molecule has 1 fully saturated rings. The lowest BCUT2D eigenvalue weighted by atomic mass is 10.0. The van der Waals surface area contributed by atoms with Gasteiger partial charge in [0, 0.05) is 48.9 Å². The lowest BCUT2D eigenvalue weighted by Gasteiger charge is -2.39. The van der Waals surface area contributed by atoms with Crippen LogP contribution in [0, 0.1) is 0 Å². The molecule has 0 bridgehead atoms. The zero-order chi connectivity index (χ0) is 14.0. The number of hydrogen-bond donors (Lipinski definition) is 1. The van der Waals surface area contributed by atoms with Crippen LogP contribution in [-0.2, 0) is 13.5 Å². The quantitative estimate of drug-likeness (QED) is 0.915. The first-order valence-electron chi connectivity index (χ1n) is 7.17. The smallest absolute Gasteiger partial charge is 0.0670 e. The van der Waals surface area contributed by atoms with Crippen LogP contribution in [0.4, 0.5) is 0 Å². The monoisotopic (exact) mass is 282 g/mol. The van der Waals surface area contributed by atoms with Crippen LogP contribution in [0.25, 0.3) is 0 Å². The van der Waals surface area contributed by atoms with E-state index in [1.807, 2.05) is 11.7 Å². The van der Waals surface area contributed by atoms with Crippen LogP contribution >= 0.6 is 11.8 Å². The first-order valence-corrected chi connectivity index (χ1v) is 8.11. The van der Waals surface area contributed by atoms with E-state index in [1.54, 1.807) is 0 Å². The number of nitrogens with two attached hydrogens (primary N) is 1. The van der Waals surface area contributed by atoms with Crippen LogP contribution < -0.4 is 5.73 Å². The Balaban J connectivity index is 2.23. The Morgan fingerprint density at radius 2 is 2.05 bits per heavy atom. The predicted octanol–water partition coefficient (Wildman–Crippen LogP) is 1.81. The summed E-state index contributed by atoms with van der Waals surface area (Å²) in [6.45, 7) is 9.69. The molecule has 0 aromatic carbocycles. The van der Waals surface area contributed by atoms with Crippen molar-refractivity contribution in [1.29, 1.82) is 0 Å². The summed E-state index contributed by atoms with van der Waals surface area (Å²) in [6, 6.07) is 0.314. The van der Waals surface area contributed by atoms with Crippen LogP contribution in [0.15, 0.2) is 6.20 Å². The molecule has 3 unspecified atom stereocenters. The number of aryl methyl sites for hydroxylation is 2. The minimum atomic E-state index is 0.314. The Kier molecular flexibility index (Phi) is 4.92. The molecule has 2 rings (SSSR count). The Labute approximate surface area is 120 Å². The van der Waals surface area contributed by atoms with E-state index >= 15 is 0 Å². The van der Waals surface area contributed by atoms with E-state index < -0.39 is 0 Å². The van der Waals surface area contributed by atoms with Crippen molar-refractivity contribution in [2.45, 2.75) is 43.7 Å². The fourth-order valence-electron chi connectivity index (χ4n) is 3.05. The Morgan fingerprint density at radius 1 is 1.42 bits per heavy atom. The highest BCUT2D eigenvalue weighted by Crippen LogP contribution is 2.31. The molecule has 1 aliphatic rings. The van der Waals surface area contributed by atoms with Crippen LogP contribution in [0.2, 0.25) is 0 Å². The molecule has 2 heterocycles. The predicted molar refractivity (Wildman–Crippen MR) is 82.5 cm³/mol. The Bertz CT molecular complexity index is 408. The number of thioether (sulfide) groups is 1. The van der Waals surface area contributed by atoms with Crippen molar-refractivity contribution in [2.75, 3.05) is 19.6 Å². The highest BCUT2D eigenvalue weighted by atomic mass is 32.2. The summed E-state index contributed by atoms with van der Waals surface area (Å²) in [6.07, 6.45) is 3.12. The van der Waals surface area contributed by atoms with Gasteiger partial charge >= 0.3 is 0 Å². The number of hydrogen-bond acceptors (Lipinski definition) is 4. The van der Waals surface area contributed by atoms with E-state index in [0.717, 1.165) is 19.5 Å². The third-order valence-electron chi connectivity index (χ3n) is 3.74. The van der Waals surface area contributed by atoms with Gasteiger partial charge < -0.3 is 5.73 Å². The first kappa shape index (κ1) is 14.9. The fraction of sp³-hybridized carbons (Fsp3) is 0.786. The average molecular weight is 282 g/mol. The minimum absolute atomic E-state index is 0.314. The van der Waals surface area contributed by atoms with Crippen LogP contribution in [0.5, 0.6) is 0 Å². The zero-order valence-corrected chi connectivity index (χ0v) is 13.3. The molecule has 1 aliphatic heterocycles. The van der Waals surface area contributed by atoms with Gasteiger partial charge in [-0.3, -0.25) is 9.58 Å². The molecular weight excluding hydrogens is 256 g/mol. The fourth-order valence-corrected chi connectivity index (χ4v) is 4.40. The molecule has 1 aromatic rings. The van der Waals surface area contributed by atoms with Crippen molar-refractivity contribution in [2.24, 2.45) is 12.8 Å². The van der Waals surface area contributed by atoms with Crippen LogP contribution in [0.1, 0.15) is 38.1 Å². The molecule has 19 heavy (non-hydrogen) atoms. The van der Waals surface area contributed by atoms with Crippen molar-refractivity contribution in [3.05, 3.63) is 17.5 Å². The van der Waals surface area contributed by atoms with Crippen molar-refractivity contribution >= 4 is 11.8 Å². The molecule has 1 aromatic heterocycles. The van der Waals surface area contributed by atoms with Crippen LogP contribution in [-0.4, -0.2) is 44.8 Å². The van der Waals surface area contributed by atoms with Gasteiger partial charge in [-0.1, -0.05) is 20.8 Å². The van der Waals surface area contributed by atoms with Crippen LogP contribution in [0.3, 0.4) is 0 Å². The molecule has 2 N–H and O–H groups in total. The SMILES string of the molecule is CCc1nn(C)cc1C(CN)N1CC(C)SC(C)C1. The summed E-state index contributed by atoms with van der Waals surface area (Å²) in [7, 11) is 1.99. The molecular formula is C14H26N4S. The maximum absolute atomic E-state index is 6.07. The highest BCUT2D eigenvalue weighted by Gasteiger charge is 2.29. The van der Waals surface area contributed by atoms with E-state index in [-0.39, 0.29) is 0 Å². The van der Waals surface area contributed by atoms with Gasteiger partial charge in [-0.25, -0.2) is 0 Å². The summed E-state index contributed by atoms with van der Waals surface area (Å²) >= 11 is 2.08. The van der Waals surface area contributed by atoms with E-state index in [9.17, 15) is 0 Å². The number of aromatic nitrogens is 2. The Hall–Kier alpha value is -0.520. The topological polar surface area (TPSA) is 47.1 Å². The zero-order valence-electron chi connectivity index (χ0n) is 12.5. The van der Waals surface area contributed by atoms with Crippen molar-refractivity contribution in [1.82, 2.24) is 14.7 Å². The molecule has 0 aliphatic carbocycles. The van der Waals surface area contributed by atoms with Gasteiger partial charge in [0.05, 0.1) is 11.7 Å². The van der Waals surface area contributed by atoms with E-state index in [0.29, 0.717) is 23.1 Å². The van der Waals surface area contributed by atoms with Gasteiger partial charge in [-0.2, -0.15) is 16.9 Å². The third kappa shape index (κ3) is 3.33. The number of nitrogens with zero attached hydrogens (tertiary/aromatic N) is 3. The van der Waals surface area contributed by atoms with Crippen molar-refractivity contribution in [3.63, 3.8) is 0 Å². The lowest BCUT2D eigenvalue weighted by Crippen LogP contribution is -2.44. The normalized spacial score (nSPS) is 26.6. The van der Waals surface area contributed by atoms with Crippen molar-refractivity contribution < 1.29 is 0 Å². The van der Waals surface area contributed by atoms with Gasteiger partial charge in [-0.15, -0.1) is 0 Å². The standard InChI is InChI=1S/C14H26N4S/c1-5-13-12(9-17(4)16-13)14(6-15)18-7-10(2)19-11(3)8-18/h9-11,14H,5-8,15H2,1-4H3. The highest BCUT2D eigenvalue weighted by molar-refractivity contribution is 8.00. The molecule has 5 heteroatoms. The van der Waals surface area contributed by atoms with Gasteiger partial charge in [0.25, 0.3) is 0 Å². The molecule has 0 radical (unpaired) electrons. The number of rotatable bonds is 4. The van der Waals surface area contributed by atoms with Gasteiger partial charge in [-0.05, 0) is 6.42 Å². The molecule has 4 nitrogen and oxygen atoms in total. The van der Waals surface area contributed by atoms with E-state index in [2.05, 4.69) is 48.7 Å². The average Bonchev–Trinajstić information content (AvgIpc) is 2.70. The molecule has 3 atom stereocenters. The Morgan fingerprint density at radius 3 is 2.58 bits per heavy atom. The second kappa shape index (κ2) is 6.29. The summed E-state index contributed by atoms with van der Waals surface area (Å²) in [5.74, 6) is 0. The molecule has 0 spiro atoms. The second-order valence-corrected chi connectivity index (χ2v) is 7.40. The van der Waals surface area contributed by atoms with Gasteiger partial charge in [0.2, 0.25) is 0 Å². The maximum atomic E-state index is 6.07.